The molecule has 0 unspecified atom stereocenters. The molecule has 2 aromatic carbocycles. The summed E-state index contributed by atoms with van der Waals surface area (Å²) in [5, 5.41) is 7.75. The van der Waals surface area contributed by atoms with Crippen LogP contribution in [-0.4, -0.2) is 21.4 Å². The normalized spacial score (nSPS) is 10.8. The van der Waals surface area contributed by atoms with Gasteiger partial charge in [-0.2, -0.15) is 5.10 Å². The summed E-state index contributed by atoms with van der Waals surface area (Å²) >= 11 is 7.00. The molecule has 0 fully saturated rings. The van der Waals surface area contributed by atoms with Crippen molar-refractivity contribution in [2.75, 3.05) is 11.1 Å². The number of amides is 1. The summed E-state index contributed by atoms with van der Waals surface area (Å²) in [5.74, 6) is -1.53. The number of aryl methyl sites for hydroxylation is 1. The van der Waals surface area contributed by atoms with E-state index in [1.54, 1.807) is 29.9 Å². The number of benzene rings is 2. The number of rotatable bonds is 5. The van der Waals surface area contributed by atoms with Crippen LogP contribution in [0.2, 0.25) is 5.02 Å². The Balaban J connectivity index is 1.64. The minimum atomic E-state index is -0.936. The van der Waals surface area contributed by atoms with Crippen LogP contribution >= 0.6 is 23.4 Å². The topological polar surface area (TPSA) is 46.9 Å². The van der Waals surface area contributed by atoms with Gasteiger partial charge in [0.2, 0.25) is 5.91 Å². The lowest BCUT2D eigenvalue weighted by Gasteiger charge is -2.05. The minimum Gasteiger partial charge on any atom is -0.310 e. The van der Waals surface area contributed by atoms with Gasteiger partial charge in [-0.1, -0.05) is 23.7 Å². The first-order valence-electron chi connectivity index (χ1n) is 7.60. The van der Waals surface area contributed by atoms with Crippen LogP contribution in [-0.2, 0) is 11.8 Å². The fourth-order valence-electron chi connectivity index (χ4n) is 2.24. The van der Waals surface area contributed by atoms with Gasteiger partial charge in [0.05, 0.1) is 11.4 Å². The average Bonchev–Trinajstić information content (AvgIpc) is 2.97. The number of hydrogen-bond acceptors (Lipinski definition) is 3. The van der Waals surface area contributed by atoms with Crippen molar-refractivity contribution in [3.8, 4) is 11.3 Å². The number of hydrogen-bond donors (Lipinski definition) is 1. The molecule has 0 aliphatic carbocycles. The molecule has 0 saturated heterocycles. The first-order valence-corrected chi connectivity index (χ1v) is 8.96. The number of thioether (sulfide) groups is 1. The lowest BCUT2D eigenvalue weighted by atomic mass is 10.1. The smallest absolute Gasteiger partial charge is 0.235 e. The van der Waals surface area contributed by atoms with Crippen molar-refractivity contribution in [3.63, 3.8) is 0 Å². The molecule has 0 aliphatic heterocycles. The van der Waals surface area contributed by atoms with Crippen LogP contribution in [0, 0.1) is 11.6 Å². The van der Waals surface area contributed by atoms with E-state index in [1.807, 2.05) is 12.1 Å². The summed E-state index contributed by atoms with van der Waals surface area (Å²) in [6.45, 7) is 0. The van der Waals surface area contributed by atoms with Gasteiger partial charge in [0.15, 0.2) is 11.6 Å². The molecule has 0 atom stereocenters. The van der Waals surface area contributed by atoms with Crippen molar-refractivity contribution in [2.24, 2.45) is 7.05 Å². The molecule has 4 nitrogen and oxygen atoms in total. The zero-order valence-electron chi connectivity index (χ0n) is 13.7. The Morgan fingerprint density at radius 2 is 1.88 bits per heavy atom. The molecule has 26 heavy (non-hydrogen) atoms. The summed E-state index contributed by atoms with van der Waals surface area (Å²) in [6, 6.07) is 12.5. The molecule has 1 heterocycles. The lowest BCUT2D eigenvalue weighted by molar-refractivity contribution is -0.113. The zero-order valence-corrected chi connectivity index (χ0v) is 15.2. The third-order valence-electron chi connectivity index (χ3n) is 3.55. The fourth-order valence-corrected chi connectivity index (χ4v) is 3.09. The predicted molar refractivity (Wildman–Crippen MR) is 99.4 cm³/mol. The molecule has 8 heteroatoms. The summed E-state index contributed by atoms with van der Waals surface area (Å²) in [5.41, 5.74) is 1.58. The van der Waals surface area contributed by atoms with Crippen LogP contribution in [0.4, 0.5) is 14.6 Å². The molecule has 0 aliphatic rings. The van der Waals surface area contributed by atoms with E-state index in [1.165, 1.54) is 6.07 Å². The molecule has 0 saturated carbocycles. The van der Waals surface area contributed by atoms with Crippen LogP contribution < -0.4 is 5.32 Å². The maximum absolute atomic E-state index is 13.2. The molecule has 134 valence electrons. The van der Waals surface area contributed by atoms with E-state index in [-0.39, 0.29) is 11.7 Å². The van der Waals surface area contributed by atoms with Crippen molar-refractivity contribution in [1.82, 2.24) is 9.78 Å². The lowest BCUT2D eigenvalue weighted by Crippen LogP contribution is -2.16. The van der Waals surface area contributed by atoms with E-state index in [4.69, 9.17) is 11.6 Å². The highest BCUT2D eigenvalue weighted by Crippen LogP contribution is 2.24. The minimum absolute atomic E-state index is 0.0620. The van der Waals surface area contributed by atoms with Crippen molar-refractivity contribution in [2.45, 2.75) is 4.90 Å². The average molecular weight is 394 g/mol. The number of nitrogens with zero attached hydrogens (tertiary/aromatic N) is 2. The molecule has 3 rings (SSSR count). The summed E-state index contributed by atoms with van der Waals surface area (Å²) in [6.07, 6.45) is 0. The number of halogens is 3. The largest absolute Gasteiger partial charge is 0.310 e. The highest BCUT2D eigenvalue weighted by Gasteiger charge is 2.11. The fraction of sp³-hybridized carbons (Fsp3) is 0.111. The van der Waals surface area contributed by atoms with E-state index in [0.29, 0.717) is 21.4 Å². The second kappa shape index (κ2) is 7.88. The van der Waals surface area contributed by atoms with Crippen LogP contribution in [0.3, 0.4) is 0 Å². The Bertz CT molecular complexity index is 944. The Morgan fingerprint density at radius 3 is 2.58 bits per heavy atom. The molecule has 1 aromatic heterocycles. The van der Waals surface area contributed by atoms with Crippen LogP contribution in [0.15, 0.2) is 53.4 Å². The van der Waals surface area contributed by atoms with Gasteiger partial charge >= 0.3 is 0 Å². The van der Waals surface area contributed by atoms with Gasteiger partial charge in [0.25, 0.3) is 0 Å². The SMILES string of the molecule is Cn1nc(-c2ccc(Cl)cc2)cc1NC(=O)CSc1ccc(F)c(F)c1. The third kappa shape index (κ3) is 4.42. The van der Waals surface area contributed by atoms with Gasteiger partial charge < -0.3 is 5.32 Å². The van der Waals surface area contributed by atoms with E-state index >= 15 is 0 Å². The Hall–Kier alpha value is -2.38. The maximum Gasteiger partial charge on any atom is 0.235 e. The standard InChI is InChI=1S/C18H14ClF2N3OS/c1-24-17(9-16(23-24)11-2-4-12(19)5-3-11)22-18(25)10-26-13-6-7-14(20)15(21)8-13/h2-9H,10H2,1H3,(H,22,25). The quantitative estimate of drug-likeness (QED) is 0.636. The first-order chi connectivity index (χ1) is 12.4. The van der Waals surface area contributed by atoms with E-state index in [2.05, 4.69) is 10.4 Å². The highest BCUT2D eigenvalue weighted by atomic mass is 35.5. The Kier molecular flexibility index (Phi) is 5.58. The molecule has 3 aromatic rings. The van der Waals surface area contributed by atoms with Crippen LogP contribution in [0.5, 0.6) is 0 Å². The zero-order chi connectivity index (χ0) is 18.7. The van der Waals surface area contributed by atoms with Gasteiger partial charge in [-0.25, -0.2) is 8.78 Å². The second-order valence-electron chi connectivity index (χ2n) is 5.46. The molecule has 0 bridgehead atoms. The van der Waals surface area contributed by atoms with Gasteiger partial charge in [-0.3, -0.25) is 9.48 Å². The number of carbonyl (C=O) groups excluding carboxylic acids is 1. The summed E-state index contributed by atoms with van der Waals surface area (Å²) in [7, 11) is 1.72. The predicted octanol–water partition coefficient (Wildman–Crippen LogP) is 4.75. The molecular formula is C18H14ClF2N3OS. The Labute approximate surface area is 158 Å². The van der Waals surface area contributed by atoms with Gasteiger partial charge in [-0.05, 0) is 30.3 Å². The summed E-state index contributed by atoms with van der Waals surface area (Å²) in [4.78, 5) is 12.6. The van der Waals surface area contributed by atoms with Crippen LogP contribution in [0.25, 0.3) is 11.3 Å². The highest BCUT2D eigenvalue weighted by molar-refractivity contribution is 8.00. The van der Waals surface area contributed by atoms with Crippen LogP contribution in [0.1, 0.15) is 0 Å². The second-order valence-corrected chi connectivity index (χ2v) is 6.94. The molecule has 1 amide bonds. The molecule has 0 spiro atoms. The van der Waals surface area contributed by atoms with Crippen molar-refractivity contribution in [1.29, 1.82) is 0 Å². The molecular weight excluding hydrogens is 380 g/mol. The monoisotopic (exact) mass is 393 g/mol. The van der Waals surface area contributed by atoms with Crippen molar-refractivity contribution >= 4 is 35.1 Å². The Morgan fingerprint density at radius 1 is 1.15 bits per heavy atom. The van der Waals surface area contributed by atoms with Crippen molar-refractivity contribution in [3.05, 3.63) is 65.2 Å². The van der Waals surface area contributed by atoms with E-state index in [0.717, 1.165) is 29.5 Å². The summed E-state index contributed by atoms with van der Waals surface area (Å²) < 4.78 is 27.7. The molecule has 0 radical (unpaired) electrons. The van der Waals surface area contributed by atoms with E-state index in [9.17, 15) is 13.6 Å². The number of anilines is 1. The van der Waals surface area contributed by atoms with Gasteiger partial charge in [-0.15, -0.1) is 11.8 Å². The third-order valence-corrected chi connectivity index (χ3v) is 4.79. The maximum atomic E-state index is 13.2. The number of carbonyl (C=O) groups is 1. The molecule has 1 N–H and O–H groups in total. The number of aromatic nitrogens is 2. The van der Waals surface area contributed by atoms with E-state index < -0.39 is 11.6 Å². The van der Waals surface area contributed by atoms with Gasteiger partial charge in [0, 0.05) is 28.6 Å². The first kappa shape index (κ1) is 18.4. The van der Waals surface area contributed by atoms with Gasteiger partial charge in [0.1, 0.15) is 5.82 Å². The number of nitrogens with one attached hydrogen (secondary N) is 1. The van der Waals surface area contributed by atoms with Crippen molar-refractivity contribution < 1.29 is 13.6 Å².